The fourth-order valence-electron chi connectivity index (χ4n) is 3.55. The van der Waals surface area contributed by atoms with E-state index in [9.17, 15) is 0 Å². The minimum Gasteiger partial charge on any atom is -0.423 e. The van der Waals surface area contributed by atoms with E-state index < -0.39 is 0 Å². The highest BCUT2D eigenvalue weighted by Gasteiger charge is 2.33. The van der Waals surface area contributed by atoms with Crippen molar-refractivity contribution in [1.29, 1.82) is 0 Å². The molecule has 3 heterocycles. The van der Waals surface area contributed by atoms with E-state index in [1.165, 1.54) is 11.3 Å². The molecule has 0 amide bonds. The first-order valence-electron chi connectivity index (χ1n) is 7.77. The van der Waals surface area contributed by atoms with Crippen LogP contribution in [0.2, 0.25) is 0 Å². The third-order valence-corrected chi connectivity index (χ3v) is 4.68. The van der Waals surface area contributed by atoms with Gasteiger partial charge in [0.15, 0.2) is 5.58 Å². The van der Waals surface area contributed by atoms with Gasteiger partial charge in [-0.1, -0.05) is 12.1 Å². The topological polar surface area (TPSA) is 47.1 Å². The van der Waals surface area contributed by atoms with Crippen LogP contribution in [0.3, 0.4) is 0 Å². The van der Waals surface area contributed by atoms with E-state index in [2.05, 4.69) is 28.8 Å². The van der Waals surface area contributed by atoms with Gasteiger partial charge in [0.2, 0.25) is 0 Å². The van der Waals surface area contributed by atoms with Crippen LogP contribution >= 0.6 is 0 Å². The second kappa shape index (κ2) is 4.87. The van der Waals surface area contributed by atoms with E-state index in [1.54, 1.807) is 0 Å². The molecule has 0 spiro atoms. The molecule has 4 rings (SSSR count). The second-order valence-electron chi connectivity index (χ2n) is 6.02. The first-order valence-corrected chi connectivity index (χ1v) is 7.77. The Morgan fingerprint density at radius 1 is 1.23 bits per heavy atom. The number of oxazole rings is 1. The summed E-state index contributed by atoms with van der Waals surface area (Å²) in [7, 11) is 2.00. The van der Waals surface area contributed by atoms with Crippen LogP contribution in [0.15, 0.2) is 28.7 Å². The summed E-state index contributed by atoms with van der Waals surface area (Å²) < 4.78 is 7.94. The summed E-state index contributed by atoms with van der Waals surface area (Å²) in [6.07, 6.45) is 2.27. The Hall–Kier alpha value is -2.30. The molecule has 1 aliphatic rings. The summed E-state index contributed by atoms with van der Waals surface area (Å²) in [6, 6.07) is 8.97. The molecule has 0 saturated carbocycles. The predicted octanol–water partition coefficient (Wildman–Crippen LogP) is 3.52. The molecule has 0 aliphatic carbocycles. The zero-order valence-corrected chi connectivity index (χ0v) is 13.2. The third-order valence-electron chi connectivity index (χ3n) is 4.68. The van der Waals surface area contributed by atoms with Gasteiger partial charge >= 0.3 is 0 Å². The smallest absolute Gasteiger partial charge is 0.298 e. The average Bonchev–Trinajstić information content (AvgIpc) is 3.17. The minimum atomic E-state index is 0.307. The number of anilines is 1. The van der Waals surface area contributed by atoms with E-state index >= 15 is 0 Å². The molecule has 0 bridgehead atoms. The summed E-state index contributed by atoms with van der Waals surface area (Å²) >= 11 is 0. The van der Waals surface area contributed by atoms with Crippen molar-refractivity contribution in [2.45, 2.75) is 32.7 Å². The van der Waals surface area contributed by atoms with Gasteiger partial charge in [-0.25, -0.2) is 0 Å². The lowest BCUT2D eigenvalue weighted by molar-refractivity contribution is 0.555. The lowest BCUT2D eigenvalue weighted by Gasteiger charge is -2.23. The monoisotopic (exact) mass is 296 g/mol. The van der Waals surface area contributed by atoms with Gasteiger partial charge in [-0.3, -0.25) is 4.68 Å². The Labute approximate surface area is 129 Å². The van der Waals surface area contributed by atoms with Crippen LogP contribution < -0.4 is 4.90 Å². The zero-order valence-electron chi connectivity index (χ0n) is 13.2. The molecule has 5 nitrogen and oxygen atoms in total. The molecule has 0 N–H and O–H groups in total. The lowest BCUT2D eigenvalue weighted by Crippen LogP contribution is -2.23. The van der Waals surface area contributed by atoms with Crippen LogP contribution in [-0.2, 0) is 7.05 Å². The first kappa shape index (κ1) is 13.4. The fourth-order valence-corrected chi connectivity index (χ4v) is 3.55. The van der Waals surface area contributed by atoms with Crippen molar-refractivity contribution in [3.8, 4) is 0 Å². The van der Waals surface area contributed by atoms with E-state index in [0.29, 0.717) is 6.04 Å². The van der Waals surface area contributed by atoms with Crippen LogP contribution in [0.5, 0.6) is 0 Å². The molecule has 1 aromatic carbocycles. The number of rotatable bonds is 2. The summed E-state index contributed by atoms with van der Waals surface area (Å²) in [4.78, 5) is 6.96. The van der Waals surface area contributed by atoms with Crippen LogP contribution in [0.25, 0.3) is 11.1 Å². The molecule has 114 valence electrons. The van der Waals surface area contributed by atoms with Crippen LogP contribution in [0, 0.1) is 13.8 Å². The van der Waals surface area contributed by atoms with E-state index in [0.717, 1.165) is 42.2 Å². The Morgan fingerprint density at radius 2 is 2.05 bits per heavy atom. The number of hydrogen-bond acceptors (Lipinski definition) is 4. The number of benzene rings is 1. The van der Waals surface area contributed by atoms with Crippen molar-refractivity contribution >= 4 is 17.1 Å². The molecule has 1 fully saturated rings. The molecular formula is C17H20N4O. The predicted molar refractivity (Wildman–Crippen MR) is 86.0 cm³/mol. The van der Waals surface area contributed by atoms with Gasteiger partial charge in [0.05, 0.1) is 11.7 Å². The maximum Gasteiger partial charge on any atom is 0.298 e. The van der Waals surface area contributed by atoms with Gasteiger partial charge in [-0.2, -0.15) is 10.1 Å². The van der Waals surface area contributed by atoms with Crippen molar-refractivity contribution < 1.29 is 4.42 Å². The molecule has 2 aromatic heterocycles. The largest absolute Gasteiger partial charge is 0.423 e. The molecule has 1 aliphatic heterocycles. The minimum absolute atomic E-state index is 0.307. The number of fused-ring (bicyclic) bond motifs is 1. The number of hydrogen-bond donors (Lipinski definition) is 0. The average molecular weight is 296 g/mol. The van der Waals surface area contributed by atoms with Crippen molar-refractivity contribution in [2.75, 3.05) is 11.4 Å². The summed E-state index contributed by atoms with van der Waals surface area (Å²) in [6.45, 7) is 5.20. The van der Waals surface area contributed by atoms with Crippen LogP contribution in [0.1, 0.15) is 35.8 Å². The maximum atomic E-state index is 5.98. The van der Waals surface area contributed by atoms with Gasteiger partial charge < -0.3 is 9.32 Å². The molecule has 5 heteroatoms. The Kier molecular flexibility index (Phi) is 2.96. The highest BCUT2D eigenvalue weighted by Crippen LogP contribution is 2.39. The quantitative estimate of drug-likeness (QED) is 0.726. The molecular weight excluding hydrogens is 276 g/mol. The Balaban J connectivity index is 1.77. The number of nitrogens with zero attached hydrogens (tertiary/aromatic N) is 4. The standard InChI is InChI=1S/C17H20N4O/c1-11-16(12(2)20(3)19-11)14-8-6-10-21(14)17-18-13-7-4-5-9-15(13)22-17/h4-5,7,9,14H,6,8,10H2,1-3H3/t14-/m0/s1. The molecule has 22 heavy (non-hydrogen) atoms. The Morgan fingerprint density at radius 3 is 2.77 bits per heavy atom. The van der Waals surface area contributed by atoms with Gasteiger partial charge in [-0.05, 0) is 38.8 Å². The van der Waals surface area contributed by atoms with Crippen molar-refractivity contribution in [2.24, 2.45) is 7.05 Å². The Bertz CT molecular complexity index is 799. The molecule has 1 saturated heterocycles. The van der Waals surface area contributed by atoms with E-state index in [4.69, 9.17) is 4.42 Å². The zero-order chi connectivity index (χ0) is 15.3. The van der Waals surface area contributed by atoms with Gasteiger partial charge in [0.1, 0.15) is 5.52 Å². The highest BCUT2D eigenvalue weighted by molar-refractivity contribution is 5.74. The van der Waals surface area contributed by atoms with Crippen LogP contribution in [0.4, 0.5) is 6.01 Å². The SMILES string of the molecule is Cc1nn(C)c(C)c1[C@@H]1CCCN1c1nc2ccccc2o1. The van der Waals surface area contributed by atoms with Gasteiger partial charge in [0, 0.05) is 24.8 Å². The van der Waals surface area contributed by atoms with Crippen LogP contribution in [-0.4, -0.2) is 21.3 Å². The highest BCUT2D eigenvalue weighted by atomic mass is 16.4. The van der Waals surface area contributed by atoms with Crippen molar-refractivity contribution in [3.05, 3.63) is 41.2 Å². The van der Waals surface area contributed by atoms with E-state index in [1.807, 2.05) is 36.0 Å². The number of aryl methyl sites for hydroxylation is 2. The lowest BCUT2D eigenvalue weighted by atomic mass is 10.0. The van der Waals surface area contributed by atoms with Crippen molar-refractivity contribution in [1.82, 2.24) is 14.8 Å². The normalized spacial score (nSPS) is 18.5. The van der Waals surface area contributed by atoms with Crippen molar-refractivity contribution in [3.63, 3.8) is 0 Å². The van der Waals surface area contributed by atoms with Gasteiger partial charge in [0.25, 0.3) is 6.01 Å². The second-order valence-corrected chi connectivity index (χ2v) is 6.02. The first-order chi connectivity index (χ1) is 10.6. The number of para-hydroxylation sites is 2. The molecule has 1 atom stereocenters. The summed E-state index contributed by atoms with van der Waals surface area (Å²) in [5.74, 6) is 0. The summed E-state index contributed by atoms with van der Waals surface area (Å²) in [5, 5.41) is 4.57. The van der Waals surface area contributed by atoms with E-state index in [-0.39, 0.29) is 0 Å². The van der Waals surface area contributed by atoms with Gasteiger partial charge in [-0.15, -0.1) is 0 Å². The molecule has 3 aromatic rings. The number of aromatic nitrogens is 3. The summed E-state index contributed by atoms with van der Waals surface area (Å²) in [5.41, 5.74) is 5.42. The maximum absolute atomic E-state index is 5.98. The third kappa shape index (κ3) is 1.92. The molecule has 0 unspecified atom stereocenters. The fraction of sp³-hybridized carbons (Fsp3) is 0.412. The molecule has 0 radical (unpaired) electrons.